The molecule has 1 aliphatic rings. The van der Waals surface area contributed by atoms with E-state index in [0.29, 0.717) is 5.75 Å². The normalized spacial score (nSPS) is 19.5. The molecule has 0 aliphatic carbocycles. The van der Waals surface area contributed by atoms with Crippen molar-refractivity contribution in [3.63, 3.8) is 0 Å². The van der Waals surface area contributed by atoms with Gasteiger partial charge in [-0.05, 0) is 19.1 Å². The highest BCUT2D eigenvalue weighted by atomic mass is 32.2. The molecule has 1 aliphatic heterocycles. The Kier molecular flexibility index (Phi) is 5.96. The summed E-state index contributed by atoms with van der Waals surface area (Å²) in [6.07, 6.45) is -0.712. The zero-order chi connectivity index (χ0) is 16.9. The largest absolute Gasteiger partial charge is 0.492 e. The van der Waals surface area contributed by atoms with Crippen molar-refractivity contribution >= 4 is 10.2 Å². The van der Waals surface area contributed by atoms with Gasteiger partial charge in [0, 0.05) is 20.1 Å². The maximum Gasteiger partial charge on any atom is 0.282 e. The summed E-state index contributed by atoms with van der Waals surface area (Å²) in [5.41, 5.74) is 1.14. The lowest BCUT2D eigenvalue weighted by molar-refractivity contribution is 0.0291. The predicted molar refractivity (Wildman–Crippen MR) is 85.1 cm³/mol. The second-order valence-electron chi connectivity index (χ2n) is 5.34. The number of likely N-dealkylation sites (N-methyl/N-ethyl adjacent to an activating group) is 1. The van der Waals surface area contributed by atoms with Gasteiger partial charge < -0.3 is 9.47 Å². The smallest absolute Gasteiger partial charge is 0.282 e. The number of nitriles is 1. The molecule has 1 heterocycles. The predicted octanol–water partition coefficient (Wildman–Crippen LogP) is 0.775. The summed E-state index contributed by atoms with van der Waals surface area (Å²) in [6.45, 7) is 3.01. The Morgan fingerprint density at radius 1 is 1.43 bits per heavy atom. The molecule has 1 aromatic rings. The first kappa shape index (κ1) is 17.7. The Bertz CT molecular complexity index is 654. The highest BCUT2D eigenvalue weighted by Gasteiger charge is 2.32. The number of hydrogen-bond donors (Lipinski definition) is 0. The van der Waals surface area contributed by atoms with Crippen molar-refractivity contribution in [2.75, 3.05) is 39.9 Å². The zero-order valence-electron chi connectivity index (χ0n) is 13.3. The minimum atomic E-state index is -3.61. The standard InChI is InChI=1S/C15H21N3O4S/c1-13-3-5-14(6-4-13)21-9-7-17(2)23(19,20)18-8-10-22-15(11-16)12-18/h3-6,15H,7-10,12H2,1-2H3/t15-/m0/s1. The molecule has 23 heavy (non-hydrogen) atoms. The van der Waals surface area contributed by atoms with Crippen molar-refractivity contribution in [2.24, 2.45) is 0 Å². The van der Waals surface area contributed by atoms with Crippen molar-refractivity contribution in [2.45, 2.75) is 13.0 Å². The lowest BCUT2D eigenvalue weighted by Gasteiger charge is -2.32. The van der Waals surface area contributed by atoms with Crippen LogP contribution in [0.5, 0.6) is 5.75 Å². The third-order valence-corrected chi connectivity index (χ3v) is 5.54. The maximum absolute atomic E-state index is 12.5. The Morgan fingerprint density at radius 3 is 2.78 bits per heavy atom. The number of benzene rings is 1. The lowest BCUT2D eigenvalue weighted by atomic mass is 10.2. The summed E-state index contributed by atoms with van der Waals surface area (Å²) in [4.78, 5) is 0. The average Bonchev–Trinajstić information content (AvgIpc) is 2.56. The lowest BCUT2D eigenvalue weighted by Crippen LogP contribution is -2.50. The van der Waals surface area contributed by atoms with Crippen LogP contribution in [0.2, 0.25) is 0 Å². The Balaban J connectivity index is 1.87. The quantitative estimate of drug-likeness (QED) is 0.765. The van der Waals surface area contributed by atoms with E-state index in [-0.39, 0.29) is 32.8 Å². The third-order valence-electron chi connectivity index (χ3n) is 3.59. The summed E-state index contributed by atoms with van der Waals surface area (Å²) in [5.74, 6) is 0.706. The Morgan fingerprint density at radius 2 is 2.13 bits per heavy atom. The van der Waals surface area contributed by atoms with Crippen LogP contribution in [0.1, 0.15) is 5.56 Å². The van der Waals surface area contributed by atoms with E-state index in [1.807, 2.05) is 37.3 Å². The van der Waals surface area contributed by atoms with Gasteiger partial charge in [0.2, 0.25) is 0 Å². The topological polar surface area (TPSA) is 82.9 Å². The molecular weight excluding hydrogens is 318 g/mol. The molecule has 0 aromatic heterocycles. The minimum Gasteiger partial charge on any atom is -0.492 e. The molecule has 1 saturated heterocycles. The Labute approximate surface area is 137 Å². The molecule has 0 bridgehead atoms. The van der Waals surface area contributed by atoms with E-state index in [4.69, 9.17) is 14.7 Å². The molecule has 0 N–H and O–H groups in total. The van der Waals surface area contributed by atoms with Gasteiger partial charge in [0.15, 0.2) is 6.10 Å². The number of nitrogens with zero attached hydrogens (tertiary/aromatic N) is 3. The number of hydrogen-bond acceptors (Lipinski definition) is 5. The molecule has 1 atom stereocenters. The molecule has 8 heteroatoms. The molecule has 1 aromatic carbocycles. The highest BCUT2D eigenvalue weighted by Crippen LogP contribution is 2.14. The van der Waals surface area contributed by atoms with Crippen molar-refractivity contribution < 1.29 is 17.9 Å². The molecule has 7 nitrogen and oxygen atoms in total. The molecule has 0 saturated carbocycles. The highest BCUT2D eigenvalue weighted by molar-refractivity contribution is 7.86. The van der Waals surface area contributed by atoms with Gasteiger partial charge in [0.05, 0.1) is 19.2 Å². The van der Waals surface area contributed by atoms with Crippen LogP contribution in [0, 0.1) is 18.3 Å². The monoisotopic (exact) mass is 339 g/mol. The molecule has 0 spiro atoms. The summed E-state index contributed by atoms with van der Waals surface area (Å²) in [6, 6.07) is 9.52. The SMILES string of the molecule is Cc1ccc(OCCN(C)S(=O)(=O)N2CCO[C@@H](C#N)C2)cc1. The molecular formula is C15H21N3O4S. The van der Waals surface area contributed by atoms with Gasteiger partial charge in [0.1, 0.15) is 12.4 Å². The summed E-state index contributed by atoms with van der Waals surface area (Å²) >= 11 is 0. The Hall–Kier alpha value is -1.66. The van der Waals surface area contributed by atoms with E-state index in [0.717, 1.165) is 5.56 Å². The van der Waals surface area contributed by atoms with E-state index in [1.54, 1.807) is 0 Å². The minimum absolute atomic E-state index is 0.0575. The van der Waals surface area contributed by atoms with Gasteiger partial charge in [0.25, 0.3) is 10.2 Å². The molecule has 0 unspecified atom stereocenters. The van der Waals surface area contributed by atoms with Crippen LogP contribution < -0.4 is 4.74 Å². The summed E-state index contributed by atoms with van der Waals surface area (Å²) < 4.78 is 38.2. The zero-order valence-corrected chi connectivity index (χ0v) is 14.1. The van der Waals surface area contributed by atoms with Gasteiger partial charge >= 0.3 is 0 Å². The van der Waals surface area contributed by atoms with Crippen LogP contribution in [-0.4, -0.2) is 63.0 Å². The van der Waals surface area contributed by atoms with E-state index >= 15 is 0 Å². The molecule has 0 radical (unpaired) electrons. The van der Waals surface area contributed by atoms with Crippen molar-refractivity contribution in [1.82, 2.24) is 8.61 Å². The molecule has 0 amide bonds. The first-order valence-electron chi connectivity index (χ1n) is 7.35. The van der Waals surface area contributed by atoms with Crippen molar-refractivity contribution in [3.05, 3.63) is 29.8 Å². The first-order chi connectivity index (χ1) is 10.9. The van der Waals surface area contributed by atoms with Crippen LogP contribution in [0.15, 0.2) is 24.3 Å². The van der Waals surface area contributed by atoms with Gasteiger partial charge in [-0.2, -0.15) is 22.3 Å². The van der Waals surface area contributed by atoms with E-state index in [1.165, 1.54) is 15.7 Å². The fourth-order valence-electron chi connectivity index (χ4n) is 2.15. The number of morpholine rings is 1. The molecule has 1 fully saturated rings. The first-order valence-corrected chi connectivity index (χ1v) is 8.75. The number of aryl methyl sites for hydroxylation is 1. The summed E-state index contributed by atoms with van der Waals surface area (Å²) in [5, 5.41) is 8.87. The van der Waals surface area contributed by atoms with Crippen molar-refractivity contribution in [1.29, 1.82) is 5.26 Å². The van der Waals surface area contributed by atoms with Crippen LogP contribution in [0.25, 0.3) is 0 Å². The second-order valence-corrected chi connectivity index (χ2v) is 7.37. The van der Waals surface area contributed by atoms with Crippen LogP contribution in [0.3, 0.4) is 0 Å². The van der Waals surface area contributed by atoms with Crippen LogP contribution in [-0.2, 0) is 14.9 Å². The second kappa shape index (κ2) is 7.75. The van der Waals surface area contributed by atoms with Crippen molar-refractivity contribution in [3.8, 4) is 11.8 Å². The fraction of sp³-hybridized carbons (Fsp3) is 0.533. The van der Waals surface area contributed by atoms with Crippen LogP contribution in [0.4, 0.5) is 0 Å². The number of rotatable bonds is 6. The maximum atomic E-state index is 12.5. The van der Waals surface area contributed by atoms with Gasteiger partial charge in [-0.3, -0.25) is 0 Å². The third kappa shape index (κ3) is 4.65. The average molecular weight is 339 g/mol. The number of ether oxygens (including phenoxy) is 2. The van der Waals surface area contributed by atoms with Gasteiger partial charge in [-0.1, -0.05) is 17.7 Å². The van der Waals surface area contributed by atoms with E-state index in [9.17, 15) is 8.42 Å². The molecule has 126 valence electrons. The van der Waals surface area contributed by atoms with Gasteiger partial charge in [-0.25, -0.2) is 0 Å². The van der Waals surface area contributed by atoms with Gasteiger partial charge in [-0.15, -0.1) is 0 Å². The van der Waals surface area contributed by atoms with E-state index < -0.39 is 16.3 Å². The molecule has 2 rings (SSSR count). The van der Waals surface area contributed by atoms with Crippen LogP contribution >= 0.6 is 0 Å². The summed E-state index contributed by atoms with van der Waals surface area (Å²) in [7, 11) is -2.11. The van der Waals surface area contributed by atoms with E-state index in [2.05, 4.69) is 0 Å². The fourth-order valence-corrected chi connectivity index (χ4v) is 3.48.